The first-order valence-corrected chi connectivity index (χ1v) is 6.27. The Morgan fingerprint density at radius 1 is 1.37 bits per heavy atom. The van der Waals surface area contributed by atoms with Crippen molar-refractivity contribution in [1.82, 2.24) is 15.2 Å². The fourth-order valence-corrected chi connectivity index (χ4v) is 2.50. The molecule has 5 nitrogen and oxygen atoms in total. The molecule has 19 heavy (non-hydrogen) atoms. The number of H-pyrrole nitrogens is 1. The molecular formula is C14H14N3O2. The van der Waals surface area contributed by atoms with Crippen LogP contribution in [0.1, 0.15) is 10.4 Å². The molecule has 1 fully saturated rings. The van der Waals surface area contributed by atoms with Crippen molar-refractivity contribution in [2.75, 3.05) is 19.6 Å². The van der Waals surface area contributed by atoms with E-state index in [0.29, 0.717) is 25.2 Å². The standard InChI is InChI=1S/C14H14N3O2/c18-9-17-6-5-15-8-13(17)14(19)11-7-16-12-4-2-1-3-10(11)12/h1-4,7,13,15-16H,5-6,8H2. The lowest BCUT2D eigenvalue weighted by Gasteiger charge is -2.31. The van der Waals surface area contributed by atoms with Gasteiger partial charge in [-0.3, -0.25) is 9.59 Å². The van der Waals surface area contributed by atoms with Gasteiger partial charge in [0.1, 0.15) is 6.04 Å². The minimum Gasteiger partial charge on any atom is -0.360 e. The minimum absolute atomic E-state index is 0.0481. The van der Waals surface area contributed by atoms with Crippen molar-refractivity contribution >= 4 is 23.1 Å². The Hall–Kier alpha value is -2.14. The predicted molar refractivity (Wildman–Crippen MR) is 71.7 cm³/mol. The van der Waals surface area contributed by atoms with Crippen molar-refractivity contribution in [3.8, 4) is 0 Å². The van der Waals surface area contributed by atoms with Gasteiger partial charge in [-0.05, 0) is 6.07 Å². The lowest BCUT2D eigenvalue weighted by atomic mass is 10.0. The lowest BCUT2D eigenvalue weighted by molar-refractivity contribution is 0.0863. The minimum atomic E-state index is -0.467. The number of carbonyl (C=O) groups is 1. The molecule has 1 aliphatic heterocycles. The van der Waals surface area contributed by atoms with Gasteiger partial charge in [-0.25, -0.2) is 0 Å². The van der Waals surface area contributed by atoms with E-state index in [1.807, 2.05) is 30.7 Å². The Balaban J connectivity index is 1.96. The second-order valence-electron chi connectivity index (χ2n) is 4.62. The van der Waals surface area contributed by atoms with Gasteiger partial charge in [0, 0.05) is 42.3 Å². The molecular weight excluding hydrogens is 242 g/mol. The Labute approximate surface area is 110 Å². The summed E-state index contributed by atoms with van der Waals surface area (Å²) in [6.45, 7) is 1.70. The van der Waals surface area contributed by atoms with Crippen LogP contribution in [0.25, 0.3) is 10.9 Å². The van der Waals surface area contributed by atoms with Crippen LogP contribution in [0.15, 0.2) is 30.5 Å². The van der Waals surface area contributed by atoms with Gasteiger partial charge in [-0.2, -0.15) is 0 Å². The summed E-state index contributed by atoms with van der Waals surface area (Å²) >= 11 is 0. The first-order valence-electron chi connectivity index (χ1n) is 6.27. The number of para-hydroxylation sites is 1. The predicted octanol–water partition coefficient (Wildman–Crippen LogP) is 0.692. The van der Waals surface area contributed by atoms with Crippen molar-refractivity contribution in [2.45, 2.75) is 6.04 Å². The molecule has 1 aromatic heterocycles. The van der Waals surface area contributed by atoms with Crippen LogP contribution >= 0.6 is 0 Å². The summed E-state index contributed by atoms with van der Waals surface area (Å²) in [6.07, 6.45) is 3.57. The molecule has 1 radical (unpaired) electrons. The molecule has 0 aliphatic carbocycles. The summed E-state index contributed by atoms with van der Waals surface area (Å²) < 4.78 is 0. The first-order chi connectivity index (χ1) is 9.31. The molecule has 1 atom stereocenters. The second kappa shape index (κ2) is 4.85. The molecule has 3 rings (SSSR count). The molecule has 97 valence electrons. The number of benzene rings is 1. The fraction of sp³-hybridized carbons (Fsp3) is 0.286. The van der Waals surface area contributed by atoms with Crippen LogP contribution in [0.2, 0.25) is 0 Å². The summed E-state index contributed by atoms with van der Waals surface area (Å²) in [7, 11) is 0. The molecule has 5 heteroatoms. The number of fused-ring (bicyclic) bond motifs is 1. The number of nitrogens with one attached hydrogen (secondary N) is 2. The number of nitrogens with zero attached hydrogens (tertiary/aromatic N) is 1. The molecule has 0 bridgehead atoms. The number of ketones is 1. The smallest absolute Gasteiger partial charge is 0.312 e. The molecule has 1 saturated heterocycles. The number of carbonyl (C=O) groups excluding carboxylic acids is 2. The highest BCUT2D eigenvalue weighted by molar-refractivity contribution is 6.10. The number of rotatable bonds is 3. The van der Waals surface area contributed by atoms with Crippen molar-refractivity contribution in [2.24, 2.45) is 0 Å². The monoisotopic (exact) mass is 256 g/mol. The van der Waals surface area contributed by atoms with E-state index >= 15 is 0 Å². The summed E-state index contributed by atoms with van der Waals surface area (Å²) in [5, 5.41) is 4.03. The number of aromatic amines is 1. The van der Waals surface area contributed by atoms with E-state index in [0.717, 1.165) is 10.9 Å². The Morgan fingerprint density at radius 2 is 2.21 bits per heavy atom. The van der Waals surface area contributed by atoms with Crippen LogP contribution in [0.3, 0.4) is 0 Å². The van der Waals surface area contributed by atoms with Crippen LogP contribution in [0, 0.1) is 0 Å². The number of Topliss-reactive ketones (excluding diaryl/α,β-unsaturated/α-hetero) is 1. The summed E-state index contributed by atoms with van der Waals surface area (Å²) in [5.41, 5.74) is 1.56. The zero-order valence-electron chi connectivity index (χ0n) is 10.3. The third kappa shape index (κ3) is 2.02. The number of hydrogen-bond donors (Lipinski definition) is 2. The Bertz CT molecular complexity index is 620. The molecule has 1 unspecified atom stereocenters. The van der Waals surface area contributed by atoms with E-state index in [2.05, 4.69) is 10.3 Å². The molecule has 2 aromatic rings. The van der Waals surface area contributed by atoms with E-state index in [1.54, 1.807) is 6.20 Å². The molecule has 0 spiro atoms. The van der Waals surface area contributed by atoms with Crippen molar-refractivity contribution in [3.05, 3.63) is 36.0 Å². The lowest BCUT2D eigenvalue weighted by Crippen LogP contribution is -2.54. The number of piperazine rings is 1. The number of amides is 1. The van der Waals surface area contributed by atoms with Gasteiger partial charge in [0.15, 0.2) is 5.78 Å². The third-order valence-electron chi connectivity index (χ3n) is 3.52. The van der Waals surface area contributed by atoms with Crippen molar-refractivity contribution in [1.29, 1.82) is 0 Å². The van der Waals surface area contributed by atoms with Crippen LogP contribution < -0.4 is 5.32 Å². The normalized spacial score (nSPS) is 19.6. The maximum absolute atomic E-state index is 12.6. The van der Waals surface area contributed by atoms with E-state index in [4.69, 9.17) is 0 Å². The van der Waals surface area contributed by atoms with Gasteiger partial charge < -0.3 is 15.2 Å². The van der Waals surface area contributed by atoms with E-state index < -0.39 is 6.04 Å². The summed E-state index contributed by atoms with van der Waals surface area (Å²) in [5.74, 6) is -0.0481. The van der Waals surface area contributed by atoms with Crippen LogP contribution in [-0.2, 0) is 4.79 Å². The van der Waals surface area contributed by atoms with E-state index in [-0.39, 0.29) is 5.78 Å². The summed E-state index contributed by atoms with van der Waals surface area (Å²) in [6, 6.07) is 7.18. The average Bonchev–Trinajstić information content (AvgIpc) is 2.90. The molecule has 1 amide bonds. The van der Waals surface area contributed by atoms with Gasteiger partial charge >= 0.3 is 6.41 Å². The molecule has 2 heterocycles. The van der Waals surface area contributed by atoms with Gasteiger partial charge in [0.2, 0.25) is 0 Å². The maximum Gasteiger partial charge on any atom is 0.312 e. The molecule has 0 saturated carbocycles. The quantitative estimate of drug-likeness (QED) is 0.794. The van der Waals surface area contributed by atoms with Crippen LogP contribution in [0.5, 0.6) is 0 Å². The van der Waals surface area contributed by atoms with Crippen LogP contribution in [-0.4, -0.2) is 47.8 Å². The zero-order valence-corrected chi connectivity index (χ0v) is 10.3. The van der Waals surface area contributed by atoms with Gasteiger partial charge in [0.05, 0.1) is 0 Å². The van der Waals surface area contributed by atoms with Gasteiger partial charge in [-0.1, -0.05) is 18.2 Å². The highest BCUT2D eigenvalue weighted by Gasteiger charge is 2.30. The largest absolute Gasteiger partial charge is 0.360 e. The zero-order chi connectivity index (χ0) is 13.2. The molecule has 1 aromatic carbocycles. The van der Waals surface area contributed by atoms with Gasteiger partial charge in [-0.15, -0.1) is 0 Å². The maximum atomic E-state index is 12.6. The fourth-order valence-electron chi connectivity index (χ4n) is 2.50. The van der Waals surface area contributed by atoms with Crippen molar-refractivity contribution < 1.29 is 9.59 Å². The first kappa shape index (κ1) is 11.9. The van der Waals surface area contributed by atoms with E-state index in [9.17, 15) is 9.59 Å². The third-order valence-corrected chi connectivity index (χ3v) is 3.52. The second-order valence-corrected chi connectivity index (χ2v) is 4.62. The highest BCUT2D eigenvalue weighted by Crippen LogP contribution is 2.20. The highest BCUT2D eigenvalue weighted by atomic mass is 16.1. The van der Waals surface area contributed by atoms with E-state index in [1.165, 1.54) is 4.90 Å². The number of aromatic nitrogens is 1. The van der Waals surface area contributed by atoms with Gasteiger partial charge in [0.25, 0.3) is 0 Å². The SMILES string of the molecule is O=[C]N1CCNCC1C(=O)c1c[nH]c2ccccc12. The summed E-state index contributed by atoms with van der Waals surface area (Å²) in [4.78, 5) is 28.0. The number of hydrogen-bond acceptors (Lipinski definition) is 3. The average molecular weight is 256 g/mol. The Morgan fingerprint density at radius 3 is 3.05 bits per heavy atom. The molecule has 2 N–H and O–H groups in total. The van der Waals surface area contributed by atoms with Crippen molar-refractivity contribution in [3.63, 3.8) is 0 Å². The molecule has 1 aliphatic rings. The topological polar surface area (TPSA) is 65.2 Å². The Kier molecular flexibility index (Phi) is 3.05. The van der Waals surface area contributed by atoms with Crippen LogP contribution in [0.4, 0.5) is 0 Å².